The fourth-order valence-electron chi connectivity index (χ4n) is 2.95. The van der Waals surface area contributed by atoms with Gasteiger partial charge in [0.15, 0.2) is 0 Å². The van der Waals surface area contributed by atoms with E-state index < -0.39 is 0 Å². The van der Waals surface area contributed by atoms with Gasteiger partial charge < -0.3 is 10.6 Å². The summed E-state index contributed by atoms with van der Waals surface area (Å²) < 4.78 is 0. The topological polar surface area (TPSA) is 49.8 Å². The van der Waals surface area contributed by atoms with Crippen LogP contribution in [0, 0.1) is 6.92 Å². The Morgan fingerprint density at radius 3 is 2.56 bits per heavy atom. The number of benzene rings is 3. The molecule has 5 heteroatoms. The highest BCUT2D eigenvalue weighted by Crippen LogP contribution is 2.25. The maximum atomic E-state index is 6.08. The molecule has 4 aromatic rings. The normalized spacial score (nSPS) is 10.7. The lowest BCUT2D eigenvalue weighted by Gasteiger charge is -2.13. The fourth-order valence-corrected chi connectivity index (χ4v) is 3.14. The van der Waals surface area contributed by atoms with Gasteiger partial charge in [-0.3, -0.25) is 0 Å². The monoisotopic (exact) mass is 374 g/mol. The second-order valence-corrected chi connectivity index (χ2v) is 6.76. The van der Waals surface area contributed by atoms with Crippen LogP contribution in [0.1, 0.15) is 11.1 Å². The number of fused-ring (bicyclic) bond motifs is 1. The number of aryl methyl sites for hydroxylation is 1. The van der Waals surface area contributed by atoms with Gasteiger partial charge in [-0.15, -0.1) is 0 Å². The van der Waals surface area contributed by atoms with Gasteiger partial charge in [0.2, 0.25) is 5.95 Å². The molecule has 2 N–H and O–H groups in total. The first-order valence-electron chi connectivity index (χ1n) is 8.77. The average molecular weight is 375 g/mol. The molecule has 0 aliphatic carbocycles. The van der Waals surface area contributed by atoms with E-state index in [-0.39, 0.29) is 0 Å². The highest BCUT2D eigenvalue weighted by Gasteiger charge is 2.08. The Kier molecular flexibility index (Phi) is 4.90. The van der Waals surface area contributed by atoms with Crippen molar-refractivity contribution in [2.45, 2.75) is 13.5 Å². The summed E-state index contributed by atoms with van der Waals surface area (Å²) in [4.78, 5) is 9.32. The third-order valence-electron chi connectivity index (χ3n) is 4.39. The molecule has 4 rings (SSSR count). The van der Waals surface area contributed by atoms with E-state index in [0.717, 1.165) is 22.4 Å². The minimum atomic E-state index is 0.531. The minimum absolute atomic E-state index is 0.531. The standard InChI is InChI=1S/C22H19ClN4/c1-15-7-2-3-8-16(15)14-24-21-19-11-4-5-12-20(19)26-22(27-21)25-18-10-6-9-17(23)13-18/h2-13H,14H2,1H3,(H2,24,25,26,27). The first-order valence-corrected chi connectivity index (χ1v) is 9.14. The van der Waals surface area contributed by atoms with Crippen LogP contribution in [-0.2, 0) is 6.54 Å². The van der Waals surface area contributed by atoms with Gasteiger partial charge >= 0.3 is 0 Å². The van der Waals surface area contributed by atoms with Crippen molar-refractivity contribution in [1.82, 2.24) is 9.97 Å². The number of aromatic nitrogens is 2. The predicted molar refractivity (Wildman–Crippen MR) is 113 cm³/mol. The zero-order valence-electron chi connectivity index (χ0n) is 14.9. The maximum Gasteiger partial charge on any atom is 0.229 e. The lowest BCUT2D eigenvalue weighted by atomic mass is 10.1. The van der Waals surface area contributed by atoms with E-state index in [1.165, 1.54) is 11.1 Å². The maximum absolute atomic E-state index is 6.08. The zero-order chi connectivity index (χ0) is 18.6. The molecular formula is C22H19ClN4. The van der Waals surface area contributed by atoms with Crippen LogP contribution in [0.2, 0.25) is 5.02 Å². The zero-order valence-corrected chi connectivity index (χ0v) is 15.7. The molecule has 0 spiro atoms. The number of nitrogens with one attached hydrogen (secondary N) is 2. The largest absolute Gasteiger partial charge is 0.365 e. The quantitative estimate of drug-likeness (QED) is 0.453. The van der Waals surface area contributed by atoms with Crippen molar-refractivity contribution in [3.63, 3.8) is 0 Å². The van der Waals surface area contributed by atoms with Crippen molar-refractivity contribution in [3.05, 3.63) is 88.9 Å². The highest BCUT2D eigenvalue weighted by molar-refractivity contribution is 6.30. The number of hydrogen-bond donors (Lipinski definition) is 2. The van der Waals surface area contributed by atoms with E-state index in [9.17, 15) is 0 Å². The number of anilines is 3. The molecule has 3 aromatic carbocycles. The first kappa shape index (κ1) is 17.3. The van der Waals surface area contributed by atoms with Crippen LogP contribution < -0.4 is 10.6 Å². The molecule has 1 aromatic heterocycles. The van der Waals surface area contributed by atoms with Gasteiger partial charge in [-0.05, 0) is 48.4 Å². The summed E-state index contributed by atoms with van der Waals surface area (Å²) in [7, 11) is 0. The van der Waals surface area contributed by atoms with Gasteiger partial charge in [0.25, 0.3) is 0 Å². The van der Waals surface area contributed by atoms with Gasteiger partial charge in [0, 0.05) is 22.6 Å². The molecule has 0 radical (unpaired) electrons. The Hall–Kier alpha value is -3.11. The Morgan fingerprint density at radius 2 is 1.70 bits per heavy atom. The van der Waals surface area contributed by atoms with Gasteiger partial charge in [-0.25, -0.2) is 4.98 Å². The summed E-state index contributed by atoms with van der Waals surface area (Å²) in [6.07, 6.45) is 0. The molecule has 0 atom stereocenters. The molecule has 27 heavy (non-hydrogen) atoms. The van der Waals surface area contributed by atoms with E-state index in [1.807, 2.05) is 60.7 Å². The summed E-state index contributed by atoms with van der Waals surface area (Å²) in [6.45, 7) is 2.81. The van der Waals surface area contributed by atoms with Gasteiger partial charge in [0.1, 0.15) is 5.82 Å². The van der Waals surface area contributed by atoms with Crippen LogP contribution in [0.15, 0.2) is 72.8 Å². The molecule has 0 fully saturated rings. The Balaban J connectivity index is 1.67. The molecule has 4 nitrogen and oxygen atoms in total. The predicted octanol–water partition coefficient (Wildman–Crippen LogP) is 5.95. The molecule has 0 saturated heterocycles. The average Bonchev–Trinajstić information content (AvgIpc) is 2.67. The lowest BCUT2D eigenvalue weighted by molar-refractivity contribution is 1.09. The third-order valence-corrected chi connectivity index (χ3v) is 4.63. The Labute approximate surface area is 163 Å². The number of rotatable bonds is 5. The van der Waals surface area contributed by atoms with Crippen molar-refractivity contribution in [2.24, 2.45) is 0 Å². The van der Waals surface area contributed by atoms with E-state index >= 15 is 0 Å². The van der Waals surface area contributed by atoms with Crippen LogP contribution in [-0.4, -0.2) is 9.97 Å². The van der Waals surface area contributed by atoms with Crippen LogP contribution in [0.5, 0.6) is 0 Å². The van der Waals surface area contributed by atoms with Crippen LogP contribution in [0.4, 0.5) is 17.5 Å². The molecule has 0 aliphatic rings. The third kappa shape index (κ3) is 4.01. The van der Waals surface area contributed by atoms with Crippen molar-refractivity contribution >= 4 is 40.0 Å². The van der Waals surface area contributed by atoms with Crippen molar-refractivity contribution < 1.29 is 0 Å². The molecule has 0 unspecified atom stereocenters. The summed E-state index contributed by atoms with van der Waals surface area (Å²) >= 11 is 6.08. The number of para-hydroxylation sites is 1. The van der Waals surface area contributed by atoms with Crippen molar-refractivity contribution in [2.75, 3.05) is 10.6 Å². The molecule has 0 amide bonds. The van der Waals surface area contributed by atoms with Gasteiger partial charge in [0.05, 0.1) is 5.52 Å². The molecule has 0 aliphatic heterocycles. The second-order valence-electron chi connectivity index (χ2n) is 6.33. The van der Waals surface area contributed by atoms with E-state index in [4.69, 9.17) is 16.6 Å². The number of halogens is 1. The van der Waals surface area contributed by atoms with Gasteiger partial charge in [-0.1, -0.05) is 54.1 Å². The fraction of sp³-hybridized carbons (Fsp3) is 0.0909. The summed E-state index contributed by atoms with van der Waals surface area (Å²) in [5, 5.41) is 8.36. The summed E-state index contributed by atoms with van der Waals surface area (Å²) in [6, 6.07) is 23.8. The number of nitrogens with zero attached hydrogens (tertiary/aromatic N) is 2. The summed E-state index contributed by atoms with van der Waals surface area (Å²) in [5.74, 6) is 1.33. The lowest BCUT2D eigenvalue weighted by Crippen LogP contribution is -2.06. The molecule has 0 saturated carbocycles. The minimum Gasteiger partial charge on any atom is -0.365 e. The molecular weight excluding hydrogens is 356 g/mol. The van der Waals surface area contributed by atoms with Crippen LogP contribution in [0.25, 0.3) is 10.9 Å². The second kappa shape index (κ2) is 7.64. The first-order chi connectivity index (χ1) is 13.2. The van der Waals surface area contributed by atoms with Crippen LogP contribution in [0.3, 0.4) is 0 Å². The van der Waals surface area contributed by atoms with Crippen molar-refractivity contribution in [3.8, 4) is 0 Å². The van der Waals surface area contributed by atoms with Crippen molar-refractivity contribution in [1.29, 1.82) is 0 Å². The molecule has 1 heterocycles. The van der Waals surface area contributed by atoms with E-state index in [0.29, 0.717) is 17.5 Å². The van der Waals surface area contributed by atoms with E-state index in [2.05, 4.69) is 34.7 Å². The Bertz CT molecular complexity index is 1090. The number of hydrogen-bond acceptors (Lipinski definition) is 4. The summed E-state index contributed by atoms with van der Waals surface area (Å²) in [5.41, 5.74) is 4.22. The van der Waals surface area contributed by atoms with Gasteiger partial charge in [-0.2, -0.15) is 4.98 Å². The smallest absolute Gasteiger partial charge is 0.229 e. The molecule has 0 bridgehead atoms. The molecule has 134 valence electrons. The van der Waals surface area contributed by atoms with E-state index in [1.54, 1.807) is 0 Å². The van der Waals surface area contributed by atoms with Crippen LogP contribution >= 0.6 is 11.6 Å². The Morgan fingerprint density at radius 1 is 0.889 bits per heavy atom. The highest BCUT2D eigenvalue weighted by atomic mass is 35.5. The SMILES string of the molecule is Cc1ccccc1CNc1nc(Nc2cccc(Cl)c2)nc2ccccc12.